The summed E-state index contributed by atoms with van der Waals surface area (Å²) in [6, 6.07) is 27.9. The Morgan fingerprint density at radius 3 is 2.23 bits per heavy atom. The number of halogens is 2. The Labute approximate surface area is 237 Å². The van der Waals surface area contributed by atoms with Gasteiger partial charge in [0, 0.05) is 15.6 Å². The second kappa shape index (κ2) is 12.8. The quantitative estimate of drug-likeness (QED) is 0.176. The first kappa shape index (κ1) is 28.2. The van der Waals surface area contributed by atoms with Crippen LogP contribution in [0.4, 0.5) is 5.69 Å². The SMILES string of the molecule is CS(=O)(=O)N(Cc1ccc(Cl)cc1)c1ccc(C(=O)N/N=C\c2ccc(OCc3cccc(Cl)c3)cc2)cc1. The van der Waals surface area contributed by atoms with Gasteiger partial charge in [-0.1, -0.05) is 47.5 Å². The molecule has 1 amide bonds. The van der Waals surface area contributed by atoms with Crippen molar-refractivity contribution in [2.24, 2.45) is 5.10 Å². The maximum Gasteiger partial charge on any atom is 0.271 e. The Morgan fingerprint density at radius 2 is 1.59 bits per heavy atom. The molecule has 0 bridgehead atoms. The van der Waals surface area contributed by atoms with Gasteiger partial charge in [-0.15, -0.1) is 0 Å². The molecule has 7 nitrogen and oxygen atoms in total. The highest BCUT2D eigenvalue weighted by atomic mass is 35.5. The molecule has 39 heavy (non-hydrogen) atoms. The second-order valence-electron chi connectivity index (χ2n) is 8.63. The predicted molar refractivity (Wildman–Crippen MR) is 156 cm³/mol. The predicted octanol–water partition coefficient (Wildman–Crippen LogP) is 6.30. The topological polar surface area (TPSA) is 88.1 Å². The van der Waals surface area contributed by atoms with Gasteiger partial charge in [0.25, 0.3) is 5.91 Å². The number of amides is 1. The number of rotatable bonds is 10. The van der Waals surface area contributed by atoms with E-state index in [1.165, 1.54) is 10.5 Å². The molecule has 0 heterocycles. The summed E-state index contributed by atoms with van der Waals surface area (Å²) >= 11 is 11.9. The van der Waals surface area contributed by atoms with Gasteiger partial charge in [0.1, 0.15) is 12.4 Å². The summed E-state index contributed by atoms with van der Waals surface area (Å²) in [7, 11) is -3.57. The van der Waals surface area contributed by atoms with Crippen molar-refractivity contribution in [1.82, 2.24) is 5.43 Å². The molecule has 0 spiro atoms. The first-order valence-corrected chi connectivity index (χ1v) is 14.4. The molecule has 0 saturated heterocycles. The number of benzene rings is 4. The molecule has 0 aliphatic rings. The summed E-state index contributed by atoms with van der Waals surface area (Å²) in [5, 5.41) is 5.24. The van der Waals surface area contributed by atoms with Crippen LogP contribution >= 0.6 is 23.2 Å². The minimum atomic E-state index is -3.57. The van der Waals surface area contributed by atoms with Gasteiger partial charge < -0.3 is 4.74 Å². The number of hydrogen-bond donors (Lipinski definition) is 1. The van der Waals surface area contributed by atoms with E-state index in [9.17, 15) is 13.2 Å². The molecular formula is C29H25Cl2N3O4S. The number of ether oxygens (including phenoxy) is 1. The molecule has 200 valence electrons. The lowest BCUT2D eigenvalue weighted by atomic mass is 10.2. The van der Waals surface area contributed by atoms with E-state index in [1.807, 2.05) is 48.5 Å². The van der Waals surface area contributed by atoms with Crippen LogP contribution in [0.3, 0.4) is 0 Å². The summed E-state index contributed by atoms with van der Waals surface area (Å²) in [4.78, 5) is 12.5. The minimum absolute atomic E-state index is 0.135. The Balaban J connectivity index is 1.33. The number of carbonyl (C=O) groups is 1. The van der Waals surface area contributed by atoms with Gasteiger partial charge in [-0.05, 0) is 89.5 Å². The Hall–Kier alpha value is -3.85. The number of hydrogen-bond acceptors (Lipinski definition) is 5. The number of sulfonamides is 1. The van der Waals surface area contributed by atoms with Crippen LogP contribution in [0.15, 0.2) is 102 Å². The lowest BCUT2D eigenvalue weighted by Crippen LogP contribution is -2.29. The number of nitrogens with zero attached hydrogens (tertiary/aromatic N) is 2. The molecule has 4 aromatic rings. The zero-order chi connectivity index (χ0) is 27.8. The molecule has 0 aromatic heterocycles. The number of nitrogens with one attached hydrogen (secondary N) is 1. The van der Waals surface area contributed by atoms with Gasteiger partial charge in [-0.3, -0.25) is 9.10 Å². The average Bonchev–Trinajstić information content (AvgIpc) is 2.92. The fourth-order valence-corrected chi connectivity index (χ4v) is 4.84. The summed E-state index contributed by atoms with van der Waals surface area (Å²) in [5.41, 5.74) is 5.77. The molecule has 0 saturated carbocycles. The highest BCUT2D eigenvalue weighted by Gasteiger charge is 2.18. The van der Waals surface area contributed by atoms with Crippen molar-refractivity contribution >= 4 is 51.0 Å². The van der Waals surface area contributed by atoms with E-state index in [2.05, 4.69) is 10.5 Å². The molecule has 0 unspecified atom stereocenters. The van der Waals surface area contributed by atoms with E-state index in [0.29, 0.717) is 33.7 Å². The van der Waals surface area contributed by atoms with Gasteiger partial charge in [-0.25, -0.2) is 13.8 Å². The zero-order valence-electron chi connectivity index (χ0n) is 20.9. The maximum atomic E-state index is 12.5. The minimum Gasteiger partial charge on any atom is -0.489 e. The molecular weight excluding hydrogens is 557 g/mol. The molecule has 0 aliphatic carbocycles. The van der Waals surface area contributed by atoms with Gasteiger partial charge in [-0.2, -0.15) is 5.10 Å². The van der Waals surface area contributed by atoms with Crippen molar-refractivity contribution < 1.29 is 17.9 Å². The third-order valence-corrected chi connectivity index (χ3v) is 7.24. The fourth-order valence-electron chi connectivity index (χ4n) is 3.61. The van der Waals surface area contributed by atoms with Crippen molar-refractivity contribution in [2.75, 3.05) is 10.6 Å². The first-order chi connectivity index (χ1) is 18.7. The van der Waals surface area contributed by atoms with Crippen LogP contribution in [-0.2, 0) is 23.2 Å². The van der Waals surface area contributed by atoms with Crippen LogP contribution in [0.25, 0.3) is 0 Å². The lowest BCUT2D eigenvalue weighted by Gasteiger charge is -2.22. The molecule has 0 fully saturated rings. The molecule has 10 heteroatoms. The van der Waals surface area contributed by atoms with Crippen molar-refractivity contribution in [3.63, 3.8) is 0 Å². The summed E-state index contributed by atoms with van der Waals surface area (Å²) < 4.78 is 31.9. The fraction of sp³-hybridized carbons (Fsp3) is 0.103. The molecule has 0 radical (unpaired) electrons. The second-order valence-corrected chi connectivity index (χ2v) is 11.4. The van der Waals surface area contributed by atoms with Crippen LogP contribution in [0.5, 0.6) is 5.75 Å². The molecule has 1 N–H and O–H groups in total. The summed E-state index contributed by atoms with van der Waals surface area (Å²) in [6.45, 7) is 0.530. The van der Waals surface area contributed by atoms with E-state index < -0.39 is 15.9 Å². The molecule has 4 aromatic carbocycles. The van der Waals surface area contributed by atoms with E-state index in [1.54, 1.807) is 48.5 Å². The maximum absolute atomic E-state index is 12.5. The van der Waals surface area contributed by atoms with Gasteiger partial charge in [0.2, 0.25) is 10.0 Å². The van der Waals surface area contributed by atoms with Crippen molar-refractivity contribution in [3.05, 3.63) is 129 Å². The molecule has 0 atom stereocenters. The van der Waals surface area contributed by atoms with Crippen LogP contribution in [-0.4, -0.2) is 26.8 Å². The highest BCUT2D eigenvalue weighted by Crippen LogP contribution is 2.22. The van der Waals surface area contributed by atoms with Crippen molar-refractivity contribution in [2.45, 2.75) is 13.2 Å². The van der Waals surface area contributed by atoms with Crippen LogP contribution in [0.2, 0.25) is 10.0 Å². The smallest absolute Gasteiger partial charge is 0.271 e. The van der Waals surface area contributed by atoms with Crippen molar-refractivity contribution in [3.8, 4) is 5.75 Å². The highest BCUT2D eigenvalue weighted by molar-refractivity contribution is 7.92. The molecule has 0 aliphatic heterocycles. The van der Waals surface area contributed by atoms with Crippen LogP contribution < -0.4 is 14.5 Å². The first-order valence-electron chi connectivity index (χ1n) is 11.8. The van der Waals surface area contributed by atoms with Crippen molar-refractivity contribution in [1.29, 1.82) is 0 Å². The lowest BCUT2D eigenvalue weighted by molar-refractivity contribution is 0.0955. The van der Waals surface area contributed by atoms with E-state index in [-0.39, 0.29) is 6.54 Å². The Morgan fingerprint density at radius 1 is 0.897 bits per heavy atom. The molecule has 4 rings (SSSR count). The van der Waals surface area contributed by atoms with Gasteiger partial charge in [0.05, 0.1) is 24.7 Å². The Kier molecular flexibility index (Phi) is 9.24. The average molecular weight is 583 g/mol. The monoisotopic (exact) mass is 581 g/mol. The largest absolute Gasteiger partial charge is 0.489 e. The third kappa shape index (κ3) is 8.32. The van der Waals surface area contributed by atoms with Gasteiger partial charge >= 0.3 is 0 Å². The van der Waals surface area contributed by atoms with E-state index >= 15 is 0 Å². The van der Waals surface area contributed by atoms with E-state index in [4.69, 9.17) is 27.9 Å². The summed E-state index contributed by atoms with van der Waals surface area (Å²) in [5.74, 6) is 0.262. The van der Waals surface area contributed by atoms with E-state index in [0.717, 1.165) is 22.9 Å². The number of hydrazone groups is 1. The zero-order valence-corrected chi connectivity index (χ0v) is 23.2. The number of anilines is 1. The van der Waals surface area contributed by atoms with Crippen LogP contribution in [0, 0.1) is 0 Å². The Bertz CT molecular complexity index is 1560. The van der Waals surface area contributed by atoms with Crippen LogP contribution in [0.1, 0.15) is 27.0 Å². The summed E-state index contributed by atoms with van der Waals surface area (Å²) in [6.07, 6.45) is 2.65. The number of carbonyl (C=O) groups excluding carboxylic acids is 1. The third-order valence-electron chi connectivity index (χ3n) is 5.61. The normalized spacial score (nSPS) is 11.4. The van der Waals surface area contributed by atoms with Gasteiger partial charge in [0.15, 0.2) is 0 Å². The standard InChI is InChI=1S/C29H25Cl2N3O4S/c1-39(36,37)34(19-22-5-11-25(30)12-6-22)27-13-9-24(10-14-27)29(35)33-32-18-21-7-15-28(16-8-21)38-20-23-3-2-4-26(31)17-23/h2-18H,19-20H2,1H3,(H,33,35)/b32-18-.